The summed E-state index contributed by atoms with van der Waals surface area (Å²) < 4.78 is 59.2. The Bertz CT molecular complexity index is 923. The summed E-state index contributed by atoms with van der Waals surface area (Å²) in [7, 11) is 0. The number of nitrogens with one attached hydrogen (secondary N) is 1. The Kier molecular flexibility index (Phi) is 4.61. The van der Waals surface area contributed by atoms with E-state index in [0.29, 0.717) is 4.68 Å². The first-order valence-electron chi connectivity index (χ1n) is 7.30. The van der Waals surface area contributed by atoms with Gasteiger partial charge in [-0.2, -0.15) is 18.3 Å². The lowest BCUT2D eigenvalue weighted by molar-refractivity contribution is -0.143. The molecule has 0 saturated carbocycles. The van der Waals surface area contributed by atoms with E-state index in [0.717, 1.165) is 12.3 Å². The van der Waals surface area contributed by atoms with Crippen LogP contribution in [0.15, 0.2) is 60.8 Å². The molecule has 0 bridgehead atoms. The fourth-order valence-electron chi connectivity index (χ4n) is 2.23. The van der Waals surface area contributed by atoms with Gasteiger partial charge in [-0.15, -0.1) is 0 Å². The molecule has 9 heteroatoms. The molecule has 26 heavy (non-hydrogen) atoms. The van der Waals surface area contributed by atoms with Gasteiger partial charge in [0.15, 0.2) is 11.4 Å². The molecule has 1 amide bonds. The van der Waals surface area contributed by atoms with E-state index in [9.17, 15) is 22.4 Å². The Hall–Kier alpha value is -3.36. The highest BCUT2D eigenvalue weighted by Crippen LogP contribution is 2.37. The van der Waals surface area contributed by atoms with Crippen molar-refractivity contribution >= 4 is 11.8 Å². The molecule has 0 unspecified atom stereocenters. The number of halogens is 4. The van der Waals surface area contributed by atoms with Crippen molar-refractivity contribution in [2.75, 3.05) is 5.32 Å². The lowest BCUT2D eigenvalue weighted by atomic mass is 10.3. The topological polar surface area (TPSA) is 56.1 Å². The number of hydrogen-bond donors (Lipinski definition) is 1. The Labute approximate surface area is 144 Å². The number of alkyl halides is 3. The van der Waals surface area contributed by atoms with Crippen molar-refractivity contribution in [2.24, 2.45) is 0 Å². The first-order valence-corrected chi connectivity index (χ1v) is 7.30. The Morgan fingerprint density at radius 3 is 2.35 bits per heavy atom. The van der Waals surface area contributed by atoms with E-state index in [1.165, 1.54) is 30.3 Å². The van der Waals surface area contributed by atoms with E-state index in [2.05, 4.69) is 5.10 Å². The third-order valence-electron chi connectivity index (χ3n) is 3.32. The molecule has 3 aromatic rings. The lowest BCUT2D eigenvalue weighted by Gasteiger charge is -2.13. The fraction of sp³-hybridized carbons (Fsp3) is 0.0588. The molecule has 0 radical (unpaired) electrons. The predicted octanol–water partition coefficient (Wildman–Crippen LogP) is 4.64. The molecule has 134 valence electrons. The maximum absolute atomic E-state index is 13.5. The number of carbonyl (C=O) groups is 1. The molecule has 0 aliphatic rings. The zero-order valence-electron chi connectivity index (χ0n) is 13.0. The molecule has 3 rings (SSSR count). The quantitative estimate of drug-likeness (QED) is 0.688. The Balaban J connectivity index is 1.90. The van der Waals surface area contributed by atoms with Gasteiger partial charge in [0.25, 0.3) is 0 Å². The largest absolute Gasteiger partial charge is 0.437 e. The number of nitrogens with zero attached hydrogens (tertiary/aromatic N) is 2. The summed E-state index contributed by atoms with van der Waals surface area (Å²) in [5.74, 6) is -1.55. The number of benzene rings is 2. The average Bonchev–Trinajstić information content (AvgIpc) is 3.01. The van der Waals surface area contributed by atoms with Gasteiger partial charge in [0, 0.05) is 0 Å². The molecule has 0 aliphatic heterocycles. The second kappa shape index (κ2) is 6.87. The van der Waals surface area contributed by atoms with Crippen molar-refractivity contribution in [2.45, 2.75) is 6.18 Å². The van der Waals surface area contributed by atoms with Crippen molar-refractivity contribution in [3.05, 3.63) is 72.3 Å². The van der Waals surface area contributed by atoms with Crippen molar-refractivity contribution < 1.29 is 27.1 Å². The average molecular weight is 365 g/mol. The molecular weight excluding hydrogens is 354 g/mol. The number of ether oxygens (including phenoxy) is 1. The van der Waals surface area contributed by atoms with E-state index in [1.807, 2.05) is 5.32 Å². The predicted molar refractivity (Wildman–Crippen MR) is 84.6 cm³/mol. The van der Waals surface area contributed by atoms with Gasteiger partial charge in [-0.25, -0.2) is 13.9 Å². The van der Waals surface area contributed by atoms with Crippen LogP contribution < -0.4 is 10.1 Å². The third kappa shape index (κ3) is 3.66. The lowest BCUT2D eigenvalue weighted by Crippen LogP contribution is -2.20. The normalized spacial score (nSPS) is 11.2. The molecule has 2 aromatic carbocycles. The Morgan fingerprint density at radius 1 is 1.04 bits per heavy atom. The zero-order valence-corrected chi connectivity index (χ0v) is 13.0. The molecule has 0 aliphatic carbocycles. The molecule has 0 fully saturated rings. The molecule has 1 aromatic heterocycles. The molecular formula is C17H11F4N3O2. The van der Waals surface area contributed by atoms with Crippen molar-refractivity contribution in [1.82, 2.24) is 9.78 Å². The maximum Gasteiger partial charge on any atom is 0.437 e. The van der Waals surface area contributed by atoms with Crippen LogP contribution in [-0.2, 0) is 6.18 Å². The van der Waals surface area contributed by atoms with Gasteiger partial charge in [0.1, 0.15) is 5.82 Å². The molecule has 5 nitrogen and oxygen atoms in total. The maximum atomic E-state index is 13.5. The van der Waals surface area contributed by atoms with Crippen LogP contribution in [0.2, 0.25) is 0 Å². The monoisotopic (exact) mass is 365 g/mol. The van der Waals surface area contributed by atoms with Crippen molar-refractivity contribution in [3.63, 3.8) is 0 Å². The van der Waals surface area contributed by atoms with Crippen LogP contribution in [0.3, 0.4) is 0 Å². The van der Waals surface area contributed by atoms with Crippen LogP contribution in [0.1, 0.15) is 5.69 Å². The van der Waals surface area contributed by atoms with E-state index in [1.54, 1.807) is 18.2 Å². The molecule has 0 saturated heterocycles. The summed E-state index contributed by atoms with van der Waals surface area (Å²) in [5, 5.41) is 5.69. The summed E-state index contributed by atoms with van der Waals surface area (Å²) in [4.78, 5) is 11.9. The number of hydrogen-bond acceptors (Lipinski definition) is 3. The number of carbonyl (C=O) groups excluding carboxylic acids is 1. The van der Waals surface area contributed by atoms with E-state index in [4.69, 9.17) is 4.74 Å². The van der Waals surface area contributed by atoms with Crippen LogP contribution >= 0.6 is 0 Å². The second-order valence-electron chi connectivity index (χ2n) is 5.10. The first-order chi connectivity index (χ1) is 12.4. The summed E-state index contributed by atoms with van der Waals surface area (Å²) >= 11 is 0. The SMILES string of the molecule is O=C(Nc1ccccc1F)Oc1cnn(-c2ccccc2)c1C(F)(F)F. The smallest absolute Gasteiger partial charge is 0.406 e. The Morgan fingerprint density at radius 2 is 1.69 bits per heavy atom. The van der Waals surface area contributed by atoms with Crippen LogP contribution in [0.5, 0.6) is 5.75 Å². The first kappa shape index (κ1) is 17.5. The van der Waals surface area contributed by atoms with Crippen molar-refractivity contribution in [3.8, 4) is 11.4 Å². The van der Waals surface area contributed by atoms with E-state index >= 15 is 0 Å². The number of para-hydroxylation sites is 2. The van der Waals surface area contributed by atoms with Crippen LogP contribution in [-0.4, -0.2) is 15.9 Å². The fourth-order valence-corrected chi connectivity index (χ4v) is 2.23. The molecule has 1 heterocycles. The van der Waals surface area contributed by atoms with E-state index in [-0.39, 0.29) is 11.4 Å². The van der Waals surface area contributed by atoms with Gasteiger partial charge in [-0.05, 0) is 24.3 Å². The van der Waals surface area contributed by atoms with Gasteiger partial charge in [-0.1, -0.05) is 30.3 Å². The highest BCUT2D eigenvalue weighted by atomic mass is 19.4. The van der Waals surface area contributed by atoms with Crippen LogP contribution in [0.4, 0.5) is 28.0 Å². The van der Waals surface area contributed by atoms with Crippen molar-refractivity contribution in [1.29, 1.82) is 0 Å². The summed E-state index contributed by atoms with van der Waals surface area (Å²) in [6, 6.07) is 12.8. The van der Waals surface area contributed by atoms with Crippen LogP contribution in [0, 0.1) is 5.82 Å². The highest BCUT2D eigenvalue weighted by Gasteiger charge is 2.40. The van der Waals surface area contributed by atoms with Gasteiger partial charge in [0.2, 0.25) is 0 Å². The van der Waals surface area contributed by atoms with Gasteiger partial charge >= 0.3 is 12.3 Å². The van der Waals surface area contributed by atoms with Gasteiger partial charge in [-0.3, -0.25) is 5.32 Å². The van der Waals surface area contributed by atoms with Crippen LogP contribution in [0.25, 0.3) is 5.69 Å². The number of amides is 1. The number of aromatic nitrogens is 2. The highest BCUT2D eigenvalue weighted by molar-refractivity contribution is 5.86. The third-order valence-corrected chi connectivity index (χ3v) is 3.32. The standard InChI is InChI=1S/C17H11F4N3O2/c18-12-8-4-5-9-13(12)23-16(25)26-14-10-22-24(15(14)17(19,20)21)11-6-2-1-3-7-11/h1-10H,(H,23,25). The number of rotatable bonds is 3. The van der Waals surface area contributed by atoms with Gasteiger partial charge in [0.05, 0.1) is 17.6 Å². The summed E-state index contributed by atoms with van der Waals surface area (Å²) in [5.41, 5.74) is -1.34. The van der Waals surface area contributed by atoms with E-state index < -0.39 is 29.5 Å². The molecule has 0 spiro atoms. The number of anilines is 1. The molecule has 1 N–H and O–H groups in total. The summed E-state index contributed by atoms with van der Waals surface area (Å²) in [6.45, 7) is 0. The zero-order chi connectivity index (χ0) is 18.7. The minimum absolute atomic E-state index is 0.143. The van der Waals surface area contributed by atoms with Gasteiger partial charge < -0.3 is 4.74 Å². The minimum atomic E-state index is -4.83. The second-order valence-corrected chi connectivity index (χ2v) is 5.10. The minimum Gasteiger partial charge on any atom is -0.406 e. The molecule has 0 atom stereocenters. The summed E-state index contributed by atoms with van der Waals surface area (Å²) in [6.07, 6.45) is -5.33.